The summed E-state index contributed by atoms with van der Waals surface area (Å²) in [5.41, 5.74) is 0.676. The summed E-state index contributed by atoms with van der Waals surface area (Å²) >= 11 is 5.34. The average molecular weight is 192 g/mol. The van der Waals surface area contributed by atoms with Gasteiger partial charge < -0.3 is 0 Å². The Bertz CT molecular complexity index is 265. The van der Waals surface area contributed by atoms with Gasteiger partial charge in [0.05, 0.1) is 6.00 Å². The van der Waals surface area contributed by atoms with E-state index in [1.54, 1.807) is 0 Å². The van der Waals surface area contributed by atoms with Gasteiger partial charge in [0.15, 0.2) is 11.6 Å². The van der Waals surface area contributed by atoms with Crippen LogP contribution < -0.4 is 5.32 Å². The molecule has 0 amide bonds. The Hall–Kier alpha value is -0.670. The van der Waals surface area contributed by atoms with Crippen LogP contribution in [0, 0.1) is 11.6 Å². The van der Waals surface area contributed by atoms with Crippen LogP contribution in [0.15, 0.2) is 18.2 Å². The minimum absolute atomic E-state index is 0.291. The molecule has 0 saturated heterocycles. The molecule has 12 heavy (non-hydrogen) atoms. The Morgan fingerprint density at radius 1 is 1.25 bits per heavy atom. The molecule has 1 aromatic carbocycles. The molecule has 0 saturated carbocycles. The van der Waals surface area contributed by atoms with Gasteiger partial charge in [-0.3, -0.25) is 5.32 Å². The molecule has 0 radical (unpaired) electrons. The Labute approximate surface area is 74.3 Å². The Kier molecular flexibility index (Phi) is 3.44. The molecule has 0 unspecified atom stereocenters. The fourth-order valence-electron chi connectivity index (χ4n) is 0.841. The maximum Gasteiger partial charge on any atom is 0.159 e. The van der Waals surface area contributed by atoms with E-state index >= 15 is 0 Å². The van der Waals surface area contributed by atoms with E-state index in [4.69, 9.17) is 11.6 Å². The quantitative estimate of drug-likeness (QED) is 0.571. The smallest absolute Gasteiger partial charge is 0.159 e. The van der Waals surface area contributed by atoms with E-state index in [9.17, 15) is 8.78 Å². The molecule has 0 aromatic heterocycles. The monoisotopic (exact) mass is 191 g/mol. The highest BCUT2D eigenvalue weighted by atomic mass is 35.5. The van der Waals surface area contributed by atoms with Crippen LogP contribution in [-0.2, 0) is 6.54 Å². The highest BCUT2D eigenvalue weighted by Gasteiger charge is 2.01. The number of benzene rings is 1. The molecule has 0 fully saturated rings. The maximum absolute atomic E-state index is 12.6. The molecule has 0 aliphatic rings. The van der Waals surface area contributed by atoms with Gasteiger partial charge in [-0.2, -0.15) is 0 Å². The third-order valence-electron chi connectivity index (χ3n) is 1.41. The molecule has 66 valence electrons. The molecule has 0 atom stereocenters. The first-order chi connectivity index (χ1) is 5.74. The van der Waals surface area contributed by atoms with Crippen molar-refractivity contribution in [2.75, 3.05) is 6.00 Å². The second-order valence-corrected chi connectivity index (χ2v) is 2.58. The van der Waals surface area contributed by atoms with E-state index in [-0.39, 0.29) is 0 Å². The summed E-state index contributed by atoms with van der Waals surface area (Å²) in [6, 6.07) is 4.05. The fraction of sp³-hybridized carbons (Fsp3) is 0.250. The Morgan fingerprint density at radius 3 is 2.58 bits per heavy atom. The van der Waals surface area contributed by atoms with Crippen molar-refractivity contribution < 1.29 is 8.78 Å². The summed E-state index contributed by atoms with van der Waals surface area (Å²) in [6.45, 7) is 0.445. The van der Waals surface area contributed by atoms with Gasteiger partial charge >= 0.3 is 0 Å². The standard InChI is InChI=1S/C8H8ClF2N/c9-5-12-4-6-1-2-7(10)8(11)3-6/h1-3,12H,4-5H2. The summed E-state index contributed by atoms with van der Waals surface area (Å²) in [5.74, 6) is -1.66. The van der Waals surface area contributed by atoms with Gasteiger partial charge in [0.25, 0.3) is 0 Å². The van der Waals surface area contributed by atoms with Gasteiger partial charge in [0, 0.05) is 6.54 Å². The van der Waals surface area contributed by atoms with Crippen LogP contribution in [-0.4, -0.2) is 6.00 Å². The molecular weight excluding hydrogens is 184 g/mol. The third-order valence-corrected chi connectivity index (χ3v) is 1.60. The van der Waals surface area contributed by atoms with Crippen molar-refractivity contribution in [2.45, 2.75) is 6.54 Å². The second kappa shape index (κ2) is 4.38. The van der Waals surface area contributed by atoms with E-state index in [2.05, 4.69) is 5.32 Å². The second-order valence-electron chi connectivity index (χ2n) is 2.31. The molecule has 1 nitrogen and oxygen atoms in total. The minimum atomic E-state index is -0.830. The van der Waals surface area contributed by atoms with Crippen molar-refractivity contribution in [2.24, 2.45) is 0 Å². The predicted octanol–water partition coefficient (Wildman–Crippen LogP) is 2.25. The zero-order valence-electron chi connectivity index (χ0n) is 6.28. The first kappa shape index (κ1) is 9.42. The summed E-state index contributed by atoms with van der Waals surface area (Å²) < 4.78 is 25.0. The predicted molar refractivity (Wildman–Crippen MR) is 43.9 cm³/mol. The van der Waals surface area contributed by atoms with E-state index < -0.39 is 11.6 Å². The number of rotatable bonds is 3. The zero-order chi connectivity index (χ0) is 8.97. The SMILES string of the molecule is Fc1ccc(CNCCl)cc1F. The molecule has 1 rings (SSSR count). The van der Waals surface area contributed by atoms with Gasteiger partial charge in [0.1, 0.15) is 0 Å². The lowest BCUT2D eigenvalue weighted by molar-refractivity contribution is 0.506. The number of halogens is 3. The van der Waals surface area contributed by atoms with E-state index in [0.29, 0.717) is 18.1 Å². The van der Waals surface area contributed by atoms with Crippen molar-refractivity contribution in [3.05, 3.63) is 35.4 Å². The largest absolute Gasteiger partial charge is 0.300 e. The van der Waals surface area contributed by atoms with E-state index in [1.165, 1.54) is 6.07 Å². The van der Waals surface area contributed by atoms with Crippen LogP contribution >= 0.6 is 11.6 Å². The molecule has 4 heteroatoms. The normalized spacial score (nSPS) is 10.2. The zero-order valence-corrected chi connectivity index (χ0v) is 7.04. The topological polar surface area (TPSA) is 12.0 Å². The summed E-state index contributed by atoms with van der Waals surface area (Å²) in [6.07, 6.45) is 0. The fourth-order valence-corrected chi connectivity index (χ4v) is 0.936. The van der Waals surface area contributed by atoms with Crippen LogP contribution in [0.3, 0.4) is 0 Å². The van der Waals surface area contributed by atoms with Crippen LogP contribution in [0.2, 0.25) is 0 Å². The van der Waals surface area contributed by atoms with Crippen LogP contribution in [0.4, 0.5) is 8.78 Å². The van der Waals surface area contributed by atoms with Crippen LogP contribution in [0.25, 0.3) is 0 Å². The number of alkyl halides is 1. The number of nitrogens with one attached hydrogen (secondary N) is 1. The lowest BCUT2D eigenvalue weighted by Gasteiger charge is -2.00. The molecule has 1 aromatic rings. The molecule has 0 spiro atoms. The van der Waals surface area contributed by atoms with Gasteiger partial charge in [0.2, 0.25) is 0 Å². The molecule has 0 bridgehead atoms. The first-order valence-corrected chi connectivity index (χ1v) is 3.98. The Morgan fingerprint density at radius 2 is 2.00 bits per heavy atom. The number of hydrogen-bond acceptors (Lipinski definition) is 1. The molecule has 1 N–H and O–H groups in total. The lowest BCUT2D eigenvalue weighted by atomic mass is 10.2. The van der Waals surface area contributed by atoms with Crippen molar-refractivity contribution in [1.82, 2.24) is 5.32 Å². The highest BCUT2D eigenvalue weighted by molar-refractivity contribution is 6.17. The van der Waals surface area contributed by atoms with Crippen molar-refractivity contribution in [1.29, 1.82) is 0 Å². The summed E-state index contributed by atoms with van der Waals surface area (Å²) in [4.78, 5) is 0. The highest BCUT2D eigenvalue weighted by Crippen LogP contribution is 2.08. The summed E-state index contributed by atoms with van der Waals surface area (Å²) in [5, 5.41) is 2.79. The third kappa shape index (κ3) is 2.43. The van der Waals surface area contributed by atoms with Gasteiger partial charge in [-0.1, -0.05) is 6.07 Å². The van der Waals surface area contributed by atoms with Crippen LogP contribution in [0.1, 0.15) is 5.56 Å². The number of hydrogen-bond donors (Lipinski definition) is 1. The van der Waals surface area contributed by atoms with Crippen molar-refractivity contribution in [3.63, 3.8) is 0 Å². The van der Waals surface area contributed by atoms with E-state index in [1.807, 2.05) is 0 Å². The van der Waals surface area contributed by atoms with Crippen molar-refractivity contribution >= 4 is 11.6 Å². The molecule has 0 heterocycles. The summed E-state index contributed by atoms with van der Waals surface area (Å²) in [7, 11) is 0. The van der Waals surface area contributed by atoms with Gasteiger partial charge in [-0.25, -0.2) is 8.78 Å². The van der Waals surface area contributed by atoms with Gasteiger partial charge in [-0.15, -0.1) is 11.6 Å². The van der Waals surface area contributed by atoms with Gasteiger partial charge in [-0.05, 0) is 17.7 Å². The average Bonchev–Trinajstić information content (AvgIpc) is 2.07. The molecule has 0 aliphatic carbocycles. The maximum atomic E-state index is 12.6. The van der Waals surface area contributed by atoms with E-state index in [0.717, 1.165) is 12.1 Å². The first-order valence-electron chi connectivity index (χ1n) is 3.44. The molecule has 0 aliphatic heterocycles. The molecular formula is C8H8ClF2N. The lowest BCUT2D eigenvalue weighted by Crippen LogP contribution is -2.10. The Balaban J connectivity index is 2.69. The minimum Gasteiger partial charge on any atom is -0.300 e. The van der Waals surface area contributed by atoms with Crippen molar-refractivity contribution in [3.8, 4) is 0 Å². The van der Waals surface area contributed by atoms with Crippen LogP contribution in [0.5, 0.6) is 0 Å².